The Kier molecular flexibility index (Phi) is 1.47. The van der Waals surface area contributed by atoms with Crippen LogP contribution in [0.3, 0.4) is 0 Å². The highest BCUT2D eigenvalue weighted by atomic mass is 16.7. The molecule has 0 N–H and O–H groups in total. The van der Waals surface area contributed by atoms with Gasteiger partial charge in [-0.1, -0.05) is 0 Å². The van der Waals surface area contributed by atoms with Crippen molar-refractivity contribution in [2.75, 3.05) is 0 Å². The topological polar surface area (TPSA) is 52.6 Å². The average molecular weight is 196 g/mol. The quantitative estimate of drug-likeness (QED) is 0.488. The first kappa shape index (κ1) is 8.26. The zero-order valence-corrected chi connectivity index (χ0v) is 7.82. The van der Waals surface area contributed by atoms with E-state index in [4.69, 9.17) is 9.47 Å². The van der Waals surface area contributed by atoms with E-state index in [1.165, 1.54) is 0 Å². The van der Waals surface area contributed by atoms with E-state index in [0.29, 0.717) is 0 Å². The number of hydrogen-bond acceptors (Lipinski definition) is 4. The second kappa shape index (κ2) is 2.49. The normalized spacial score (nSPS) is 30.9. The SMILES string of the molecule is O=C1CC(=O)OC(C2CC2)(C2CC2)O1. The van der Waals surface area contributed by atoms with Gasteiger partial charge in [-0.25, -0.2) is 0 Å². The summed E-state index contributed by atoms with van der Waals surface area (Å²) in [6.45, 7) is 0. The first-order valence-electron chi connectivity index (χ1n) is 5.14. The molecule has 0 atom stereocenters. The number of rotatable bonds is 2. The third-order valence-electron chi connectivity index (χ3n) is 3.13. The maximum atomic E-state index is 11.2. The van der Waals surface area contributed by atoms with Crippen molar-refractivity contribution in [3.05, 3.63) is 0 Å². The molecule has 4 nitrogen and oxygen atoms in total. The molecule has 0 aromatic rings. The highest BCUT2D eigenvalue weighted by molar-refractivity contribution is 5.93. The summed E-state index contributed by atoms with van der Waals surface area (Å²) in [4.78, 5) is 22.5. The predicted molar refractivity (Wildman–Crippen MR) is 45.0 cm³/mol. The Morgan fingerprint density at radius 2 is 1.36 bits per heavy atom. The third kappa shape index (κ3) is 1.13. The molecule has 1 saturated heterocycles. The molecule has 1 heterocycles. The molecular formula is C10H12O4. The van der Waals surface area contributed by atoms with Crippen LogP contribution in [0.2, 0.25) is 0 Å². The van der Waals surface area contributed by atoms with Crippen molar-refractivity contribution in [2.24, 2.45) is 11.8 Å². The van der Waals surface area contributed by atoms with Crippen LogP contribution in [0.15, 0.2) is 0 Å². The molecule has 0 spiro atoms. The van der Waals surface area contributed by atoms with Crippen molar-refractivity contribution in [2.45, 2.75) is 37.9 Å². The molecule has 2 saturated carbocycles. The Morgan fingerprint density at radius 1 is 0.929 bits per heavy atom. The van der Waals surface area contributed by atoms with Crippen LogP contribution >= 0.6 is 0 Å². The molecule has 0 radical (unpaired) electrons. The standard InChI is InChI=1S/C10H12O4/c11-8-5-9(12)14-10(13-8,6-1-2-6)7-3-4-7/h6-7H,1-5H2. The molecule has 0 aromatic carbocycles. The molecule has 3 rings (SSSR count). The maximum absolute atomic E-state index is 11.2. The number of cyclic esters (lactones) is 2. The summed E-state index contributed by atoms with van der Waals surface area (Å²) in [7, 11) is 0. The molecule has 4 heteroatoms. The van der Waals surface area contributed by atoms with E-state index in [1.54, 1.807) is 0 Å². The fourth-order valence-corrected chi connectivity index (χ4v) is 2.20. The molecule has 0 unspecified atom stereocenters. The number of carbonyl (C=O) groups is 2. The van der Waals surface area contributed by atoms with Crippen LogP contribution in [0.4, 0.5) is 0 Å². The van der Waals surface area contributed by atoms with Crippen LogP contribution in [0, 0.1) is 11.8 Å². The first-order chi connectivity index (χ1) is 6.71. The van der Waals surface area contributed by atoms with E-state index in [-0.39, 0.29) is 18.3 Å². The number of hydrogen-bond donors (Lipinski definition) is 0. The van der Waals surface area contributed by atoms with Crippen molar-refractivity contribution < 1.29 is 19.1 Å². The lowest BCUT2D eigenvalue weighted by Crippen LogP contribution is -2.48. The minimum atomic E-state index is -0.855. The summed E-state index contributed by atoms with van der Waals surface area (Å²) in [5, 5.41) is 0. The lowest BCUT2D eigenvalue weighted by atomic mass is 10.0. The van der Waals surface area contributed by atoms with Gasteiger partial charge in [-0.05, 0) is 25.7 Å². The van der Waals surface area contributed by atoms with E-state index < -0.39 is 17.7 Å². The van der Waals surface area contributed by atoms with Gasteiger partial charge in [0.1, 0.15) is 6.42 Å². The molecule has 3 aliphatic rings. The van der Waals surface area contributed by atoms with Crippen molar-refractivity contribution in [3.8, 4) is 0 Å². The van der Waals surface area contributed by atoms with Gasteiger partial charge < -0.3 is 9.47 Å². The highest BCUT2D eigenvalue weighted by Crippen LogP contribution is 2.55. The molecule has 3 fully saturated rings. The van der Waals surface area contributed by atoms with Gasteiger partial charge in [0.05, 0.1) is 0 Å². The van der Waals surface area contributed by atoms with Crippen LogP contribution in [0.25, 0.3) is 0 Å². The van der Waals surface area contributed by atoms with Gasteiger partial charge in [0.15, 0.2) is 0 Å². The molecule has 0 bridgehead atoms. The van der Waals surface area contributed by atoms with Gasteiger partial charge in [0.2, 0.25) is 0 Å². The van der Waals surface area contributed by atoms with Gasteiger partial charge in [-0.2, -0.15) is 0 Å². The Labute approximate surface area is 81.6 Å². The van der Waals surface area contributed by atoms with Gasteiger partial charge in [-0.15, -0.1) is 0 Å². The lowest BCUT2D eigenvalue weighted by molar-refractivity contribution is -0.259. The lowest BCUT2D eigenvalue weighted by Gasteiger charge is -2.36. The minimum absolute atomic E-state index is 0.221. The monoisotopic (exact) mass is 196 g/mol. The maximum Gasteiger partial charge on any atom is 0.320 e. The van der Waals surface area contributed by atoms with E-state index in [0.717, 1.165) is 25.7 Å². The predicted octanol–water partition coefficient (Wildman–Crippen LogP) is 0.993. The fraction of sp³-hybridized carbons (Fsp3) is 0.800. The summed E-state index contributed by atoms with van der Waals surface area (Å²) < 4.78 is 10.6. The van der Waals surface area contributed by atoms with Crippen LogP contribution in [0.1, 0.15) is 32.1 Å². The largest absolute Gasteiger partial charge is 0.421 e. The van der Waals surface area contributed by atoms with Crippen molar-refractivity contribution in [3.63, 3.8) is 0 Å². The second-order valence-electron chi connectivity index (χ2n) is 4.39. The summed E-state index contributed by atoms with van der Waals surface area (Å²) in [5.74, 6) is -1.15. The molecule has 1 aliphatic heterocycles. The van der Waals surface area contributed by atoms with E-state index in [9.17, 15) is 9.59 Å². The second-order valence-corrected chi connectivity index (χ2v) is 4.39. The van der Waals surface area contributed by atoms with Gasteiger partial charge in [0.25, 0.3) is 5.79 Å². The fourth-order valence-electron chi connectivity index (χ4n) is 2.20. The third-order valence-corrected chi connectivity index (χ3v) is 3.13. The Balaban J connectivity index is 1.89. The number of ether oxygens (including phenoxy) is 2. The van der Waals surface area contributed by atoms with Gasteiger partial charge in [-0.3, -0.25) is 9.59 Å². The van der Waals surface area contributed by atoms with Crippen molar-refractivity contribution >= 4 is 11.9 Å². The molecular weight excluding hydrogens is 184 g/mol. The van der Waals surface area contributed by atoms with Crippen molar-refractivity contribution in [1.29, 1.82) is 0 Å². The first-order valence-corrected chi connectivity index (χ1v) is 5.14. The van der Waals surface area contributed by atoms with Crippen LogP contribution < -0.4 is 0 Å². The molecule has 2 aliphatic carbocycles. The van der Waals surface area contributed by atoms with Crippen LogP contribution in [0.5, 0.6) is 0 Å². The smallest absolute Gasteiger partial charge is 0.320 e. The molecule has 14 heavy (non-hydrogen) atoms. The van der Waals surface area contributed by atoms with E-state index >= 15 is 0 Å². The van der Waals surface area contributed by atoms with E-state index in [2.05, 4.69) is 0 Å². The summed E-state index contributed by atoms with van der Waals surface area (Å²) in [6.07, 6.45) is 3.82. The highest BCUT2D eigenvalue weighted by Gasteiger charge is 2.62. The summed E-state index contributed by atoms with van der Waals surface area (Å²) in [6, 6.07) is 0. The Bertz CT molecular complexity index is 271. The van der Waals surface area contributed by atoms with Crippen LogP contribution in [-0.4, -0.2) is 17.7 Å². The molecule has 0 amide bonds. The Morgan fingerprint density at radius 3 is 1.71 bits per heavy atom. The average Bonchev–Trinajstić information content (AvgIpc) is 2.98. The summed E-state index contributed by atoms with van der Waals surface area (Å²) in [5.41, 5.74) is 0. The van der Waals surface area contributed by atoms with Gasteiger partial charge in [0, 0.05) is 11.8 Å². The van der Waals surface area contributed by atoms with Crippen LogP contribution in [-0.2, 0) is 19.1 Å². The van der Waals surface area contributed by atoms with Crippen molar-refractivity contribution in [1.82, 2.24) is 0 Å². The minimum Gasteiger partial charge on any atom is -0.421 e. The molecule has 0 aromatic heterocycles. The zero-order chi connectivity index (χ0) is 9.76. The van der Waals surface area contributed by atoms with E-state index in [1.807, 2.05) is 0 Å². The number of esters is 2. The number of carbonyl (C=O) groups excluding carboxylic acids is 2. The van der Waals surface area contributed by atoms with Gasteiger partial charge >= 0.3 is 11.9 Å². The summed E-state index contributed by atoms with van der Waals surface area (Å²) >= 11 is 0. The molecule has 76 valence electrons. The zero-order valence-electron chi connectivity index (χ0n) is 7.82. The Hall–Kier alpha value is -1.06.